The van der Waals surface area contributed by atoms with E-state index in [1.807, 2.05) is 0 Å². The van der Waals surface area contributed by atoms with E-state index in [1.54, 1.807) is 6.92 Å². The molecule has 0 amide bonds. The molecular formula is C9H9NaO4S. The molecule has 1 aromatic rings. The van der Waals surface area contributed by atoms with Crippen molar-refractivity contribution in [3.8, 4) is 0 Å². The number of rotatable bonds is 3. The minimum atomic E-state index is -4.56. The number of benzene rings is 1. The molecule has 76 valence electrons. The summed E-state index contributed by atoms with van der Waals surface area (Å²) in [6, 6.07) is 5.43. The fourth-order valence-electron chi connectivity index (χ4n) is 1.11. The van der Waals surface area contributed by atoms with E-state index in [-0.39, 0.29) is 47.3 Å². The summed E-state index contributed by atoms with van der Waals surface area (Å²) in [5.41, 5.74) is -0.0231. The Labute approximate surface area is 111 Å². The van der Waals surface area contributed by atoms with E-state index in [0.717, 1.165) is 6.07 Å². The van der Waals surface area contributed by atoms with Crippen molar-refractivity contribution in [3.63, 3.8) is 0 Å². The normalized spacial score (nSPS) is 10.5. The summed E-state index contributed by atoms with van der Waals surface area (Å²) in [6.45, 7) is 1.61. The van der Waals surface area contributed by atoms with Crippen LogP contribution in [0.5, 0.6) is 0 Å². The van der Waals surface area contributed by atoms with Crippen LogP contribution >= 0.6 is 0 Å². The van der Waals surface area contributed by atoms with Crippen LogP contribution in [0.15, 0.2) is 29.2 Å². The Balaban J connectivity index is 0.00000196. The summed E-state index contributed by atoms with van der Waals surface area (Å²) in [4.78, 5) is 10.8. The third-order valence-corrected chi connectivity index (χ3v) is 2.67. The van der Waals surface area contributed by atoms with Crippen molar-refractivity contribution in [2.75, 3.05) is 0 Å². The van der Waals surface area contributed by atoms with Gasteiger partial charge in [0.15, 0.2) is 5.78 Å². The van der Waals surface area contributed by atoms with Crippen LogP contribution in [0.3, 0.4) is 0 Å². The van der Waals surface area contributed by atoms with Crippen molar-refractivity contribution in [2.45, 2.75) is 18.2 Å². The van der Waals surface area contributed by atoms with Gasteiger partial charge in [-0.3, -0.25) is 4.79 Å². The number of ketones is 1. The first-order valence-corrected chi connectivity index (χ1v) is 5.45. The molecule has 0 saturated carbocycles. The first kappa shape index (κ1) is 14.8. The number of Topliss-reactive ketones (excluding diaryl/α,β-unsaturated/α-hetero) is 1. The molecule has 0 N–H and O–H groups in total. The SMILES string of the molecule is CCC(=O)c1ccccc1S(=O)(=O)[O-].[Na+]. The molecule has 0 aliphatic rings. The summed E-state index contributed by atoms with van der Waals surface area (Å²) < 4.78 is 32.3. The van der Waals surface area contributed by atoms with Crippen LogP contribution in [0.1, 0.15) is 23.7 Å². The Hall–Kier alpha value is -0.200. The van der Waals surface area contributed by atoms with Crippen molar-refractivity contribution in [1.82, 2.24) is 0 Å². The van der Waals surface area contributed by atoms with Crippen molar-refractivity contribution in [3.05, 3.63) is 29.8 Å². The first-order valence-electron chi connectivity index (χ1n) is 4.05. The molecule has 0 unspecified atom stereocenters. The Morgan fingerprint density at radius 1 is 1.33 bits per heavy atom. The molecule has 4 nitrogen and oxygen atoms in total. The molecule has 0 aliphatic carbocycles. The van der Waals surface area contributed by atoms with Crippen LogP contribution in [-0.2, 0) is 10.1 Å². The second-order valence-electron chi connectivity index (χ2n) is 2.73. The number of hydrogen-bond donors (Lipinski definition) is 0. The van der Waals surface area contributed by atoms with Crippen LogP contribution in [0.25, 0.3) is 0 Å². The van der Waals surface area contributed by atoms with Gasteiger partial charge in [-0.2, -0.15) is 0 Å². The molecule has 0 aromatic heterocycles. The third kappa shape index (κ3) is 3.70. The van der Waals surface area contributed by atoms with Crippen molar-refractivity contribution in [1.29, 1.82) is 0 Å². The van der Waals surface area contributed by atoms with Crippen molar-refractivity contribution >= 4 is 15.9 Å². The van der Waals surface area contributed by atoms with Crippen LogP contribution in [0.4, 0.5) is 0 Å². The van der Waals surface area contributed by atoms with E-state index in [1.165, 1.54) is 18.2 Å². The van der Waals surface area contributed by atoms with Gasteiger partial charge in [0.05, 0.1) is 4.90 Å². The third-order valence-electron chi connectivity index (χ3n) is 1.78. The molecule has 0 spiro atoms. The molecule has 1 rings (SSSR count). The molecule has 0 bridgehead atoms. The summed E-state index contributed by atoms with van der Waals surface area (Å²) in [5.74, 6) is -0.347. The maximum Gasteiger partial charge on any atom is 1.00 e. The maximum absolute atomic E-state index is 11.3. The quantitative estimate of drug-likeness (QED) is 0.352. The molecule has 0 atom stereocenters. The Bertz CT molecular complexity index is 453. The first-order chi connectivity index (χ1) is 6.46. The zero-order chi connectivity index (χ0) is 10.8. The van der Waals surface area contributed by atoms with Gasteiger partial charge in [-0.25, -0.2) is 8.42 Å². The topological polar surface area (TPSA) is 74.3 Å². The van der Waals surface area contributed by atoms with Crippen molar-refractivity contribution < 1.29 is 47.3 Å². The van der Waals surface area contributed by atoms with Crippen LogP contribution in [-0.4, -0.2) is 18.8 Å². The Morgan fingerprint density at radius 3 is 2.33 bits per heavy atom. The van der Waals surface area contributed by atoms with Gasteiger partial charge >= 0.3 is 29.6 Å². The fourth-order valence-corrected chi connectivity index (χ4v) is 1.80. The molecule has 0 fully saturated rings. The van der Waals surface area contributed by atoms with Gasteiger partial charge in [0, 0.05) is 12.0 Å². The minimum absolute atomic E-state index is 0. The number of carbonyl (C=O) groups excluding carboxylic acids is 1. The zero-order valence-corrected chi connectivity index (χ0v) is 11.4. The summed E-state index contributed by atoms with van der Waals surface area (Å²) in [5, 5.41) is 0. The molecule has 0 saturated heterocycles. The van der Waals surface area contributed by atoms with Gasteiger partial charge in [-0.1, -0.05) is 25.1 Å². The number of carbonyl (C=O) groups is 1. The van der Waals surface area contributed by atoms with Gasteiger partial charge in [-0.05, 0) is 6.07 Å². The van der Waals surface area contributed by atoms with E-state index in [4.69, 9.17) is 0 Å². The summed E-state index contributed by atoms with van der Waals surface area (Å²) in [6.07, 6.45) is 0.173. The largest absolute Gasteiger partial charge is 1.00 e. The van der Waals surface area contributed by atoms with Crippen LogP contribution < -0.4 is 29.6 Å². The fraction of sp³-hybridized carbons (Fsp3) is 0.222. The zero-order valence-electron chi connectivity index (χ0n) is 8.56. The molecule has 0 aliphatic heterocycles. The van der Waals surface area contributed by atoms with Gasteiger partial charge in [0.2, 0.25) is 0 Å². The smallest absolute Gasteiger partial charge is 0.744 e. The van der Waals surface area contributed by atoms with E-state index < -0.39 is 15.0 Å². The molecular weight excluding hydrogens is 227 g/mol. The average molecular weight is 236 g/mol. The van der Waals surface area contributed by atoms with Crippen LogP contribution in [0.2, 0.25) is 0 Å². The van der Waals surface area contributed by atoms with Gasteiger partial charge in [0.25, 0.3) is 0 Å². The second-order valence-corrected chi connectivity index (χ2v) is 4.08. The van der Waals surface area contributed by atoms with Crippen LogP contribution in [0, 0.1) is 0 Å². The Kier molecular flexibility index (Phi) is 5.69. The molecule has 1 aromatic carbocycles. The van der Waals surface area contributed by atoms with Gasteiger partial charge in [0.1, 0.15) is 10.1 Å². The standard InChI is InChI=1S/C9H10O4S.Na/c1-2-8(10)7-5-3-4-6-9(7)14(11,12)13;/h3-6H,2H2,1H3,(H,11,12,13);/q;+1/p-1. The predicted molar refractivity (Wildman–Crippen MR) is 49.0 cm³/mol. The molecule has 0 radical (unpaired) electrons. The number of hydrogen-bond acceptors (Lipinski definition) is 4. The summed E-state index contributed by atoms with van der Waals surface area (Å²) >= 11 is 0. The molecule has 15 heavy (non-hydrogen) atoms. The van der Waals surface area contributed by atoms with Crippen molar-refractivity contribution in [2.24, 2.45) is 0 Å². The maximum atomic E-state index is 11.3. The summed E-state index contributed by atoms with van der Waals surface area (Å²) in [7, 11) is -4.56. The predicted octanol–water partition coefficient (Wildman–Crippen LogP) is -1.81. The van der Waals surface area contributed by atoms with E-state index >= 15 is 0 Å². The van der Waals surface area contributed by atoms with Gasteiger partial charge < -0.3 is 4.55 Å². The molecule has 0 heterocycles. The minimum Gasteiger partial charge on any atom is -0.744 e. The second kappa shape index (κ2) is 5.77. The van der Waals surface area contributed by atoms with E-state index in [2.05, 4.69) is 0 Å². The van der Waals surface area contributed by atoms with E-state index in [0.29, 0.717) is 0 Å². The van der Waals surface area contributed by atoms with E-state index in [9.17, 15) is 17.8 Å². The van der Waals surface area contributed by atoms with Gasteiger partial charge in [-0.15, -0.1) is 0 Å². The monoisotopic (exact) mass is 236 g/mol. The Morgan fingerprint density at radius 2 is 1.87 bits per heavy atom. The average Bonchev–Trinajstić information content (AvgIpc) is 2.15. The molecule has 6 heteroatoms.